The van der Waals surface area contributed by atoms with Crippen molar-refractivity contribution in [1.82, 2.24) is 0 Å². The Kier molecular flexibility index (Phi) is 13.1. The summed E-state index contributed by atoms with van der Waals surface area (Å²) in [6.45, 7) is 13.6. The quantitative estimate of drug-likeness (QED) is 0.283. The van der Waals surface area contributed by atoms with Crippen molar-refractivity contribution in [3.8, 4) is 11.5 Å². The number of hydrogen-bond acceptors (Lipinski definition) is 4. The van der Waals surface area contributed by atoms with E-state index < -0.39 is 0 Å². The van der Waals surface area contributed by atoms with Gasteiger partial charge in [0.15, 0.2) is 0 Å². The van der Waals surface area contributed by atoms with Crippen molar-refractivity contribution in [3.63, 3.8) is 0 Å². The van der Waals surface area contributed by atoms with Crippen LogP contribution in [-0.4, -0.2) is 25.8 Å². The molecule has 6 atom stereocenters. The minimum atomic E-state index is 0.246. The zero-order valence-corrected chi connectivity index (χ0v) is 27.5. The maximum Gasteiger partial charge on any atom is 0.140 e. The molecule has 2 aliphatic carbocycles. The van der Waals surface area contributed by atoms with E-state index in [4.69, 9.17) is 9.47 Å². The molecule has 0 amide bonds. The average molecular weight is 577 g/mol. The highest BCUT2D eigenvalue weighted by Crippen LogP contribution is 2.40. The van der Waals surface area contributed by atoms with E-state index in [1.165, 1.54) is 25.7 Å². The van der Waals surface area contributed by atoms with Gasteiger partial charge in [-0.1, -0.05) is 78.6 Å². The van der Waals surface area contributed by atoms with E-state index in [9.17, 15) is 9.59 Å². The van der Waals surface area contributed by atoms with Crippen molar-refractivity contribution in [1.29, 1.82) is 0 Å². The highest BCUT2D eigenvalue weighted by atomic mass is 16.5. The van der Waals surface area contributed by atoms with Crippen LogP contribution in [0.5, 0.6) is 11.5 Å². The van der Waals surface area contributed by atoms with Crippen LogP contribution in [0.2, 0.25) is 0 Å². The van der Waals surface area contributed by atoms with Gasteiger partial charge >= 0.3 is 0 Å². The molecule has 0 bridgehead atoms. The van der Waals surface area contributed by atoms with Crippen LogP contribution in [0.4, 0.5) is 0 Å². The molecular formula is C38H56O4. The summed E-state index contributed by atoms with van der Waals surface area (Å²) in [4.78, 5) is 25.5. The van der Waals surface area contributed by atoms with Crippen molar-refractivity contribution >= 4 is 11.6 Å². The Morgan fingerprint density at radius 1 is 0.619 bits per heavy atom. The largest absolute Gasteiger partial charge is 0.497 e. The molecule has 4 heteroatoms. The van der Waals surface area contributed by atoms with Gasteiger partial charge < -0.3 is 9.47 Å². The molecule has 0 spiro atoms. The zero-order valence-electron chi connectivity index (χ0n) is 27.5. The van der Waals surface area contributed by atoms with Crippen molar-refractivity contribution in [3.05, 3.63) is 59.7 Å². The Labute approximate surface area is 256 Å². The molecule has 3 unspecified atom stereocenters. The Balaban J connectivity index is 0.000000230. The Morgan fingerprint density at radius 2 is 0.952 bits per heavy atom. The third-order valence-corrected chi connectivity index (χ3v) is 9.95. The summed E-state index contributed by atoms with van der Waals surface area (Å²) in [6, 6.07) is 15.8. The number of carbonyl (C=O) groups excluding carboxylic acids is 2. The number of rotatable bonds is 10. The summed E-state index contributed by atoms with van der Waals surface area (Å²) in [6.07, 6.45) is 8.21. The molecule has 0 radical (unpaired) electrons. The number of Topliss-reactive ketones (excluding diaryl/α,β-unsaturated/α-hetero) is 2. The molecule has 0 saturated heterocycles. The molecule has 2 aromatic carbocycles. The fraction of sp³-hybridized carbons (Fsp3) is 0.632. The third-order valence-electron chi connectivity index (χ3n) is 9.95. The second-order valence-electron chi connectivity index (χ2n) is 13.8. The van der Waals surface area contributed by atoms with E-state index in [-0.39, 0.29) is 11.8 Å². The van der Waals surface area contributed by atoms with E-state index >= 15 is 0 Å². The number of ketones is 2. The molecule has 4 rings (SSSR count). The van der Waals surface area contributed by atoms with Crippen LogP contribution in [0.25, 0.3) is 0 Å². The topological polar surface area (TPSA) is 52.6 Å². The van der Waals surface area contributed by atoms with Crippen LogP contribution in [0.15, 0.2) is 48.5 Å². The van der Waals surface area contributed by atoms with Gasteiger partial charge in [0.2, 0.25) is 0 Å². The molecule has 2 aliphatic rings. The predicted octanol–water partition coefficient (Wildman–Crippen LogP) is 9.03. The van der Waals surface area contributed by atoms with Gasteiger partial charge in [-0.15, -0.1) is 0 Å². The molecular weight excluding hydrogens is 520 g/mol. The van der Waals surface area contributed by atoms with Crippen LogP contribution >= 0.6 is 0 Å². The van der Waals surface area contributed by atoms with Crippen LogP contribution < -0.4 is 9.47 Å². The number of methoxy groups -OCH3 is 2. The van der Waals surface area contributed by atoms with Gasteiger partial charge in [-0.2, -0.15) is 0 Å². The summed E-state index contributed by atoms with van der Waals surface area (Å²) < 4.78 is 10.3. The standard InChI is InChI=1S/2C19H28O2/c2*1-13(2)17-10-5-14(3)11-18(17)19(20)12-15-6-8-16(21-4)9-7-15/h2*6-9,13-14,17-18H,5,10-12H2,1-4H3/t14-,17+,18-;/m1./s1. The maximum absolute atomic E-state index is 12.8. The highest BCUT2D eigenvalue weighted by Gasteiger charge is 2.36. The normalized spacial score (nSPS) is 25.9. The SMILES string of the molecule is COc1ccc(CC(=O)C2CC(C)CCC2C(C)C)cc1.COc1ccc(CC(=O)[C@@H]2C[C@H](C)CC[C@H]2C(C)C)cc1. The van der Waals surface area contributed by atoms with E-state index in [0.717, 1.165) is 35.5 Å². The minimum Gasteiger partial charge on any atom is -0.497 e. The first-order chi connectivity index (χ1) is 20.0. The summed E-state index contributed by atoms with van der Waals surface area (Å²) in [5.41, 5.74) is 2.20. The molecule has 2 saturated carbocycles. The molecule has 4 nitrogen and oxygen atoms in total. The molecule has 2 aromatic rings. The lowest BCUT2D eigenvalue weighted by molar-refractivity contribution is -0.127. The lowest BCUT2D eigenvalue weighted by Crippen LogP contribution is -2.34. The number of ether oxygens (including phenoxy) is 2. The smallest absolute Gasteiger partial charge is 0.140 e. The number of carbonyl (C=O) groups is 2. The van der Waals surface area contributed by atoms with Crippen molar-refractivity contribution < 1.29 is 19.1 Å². The molecule has 0 N–H and O–H groups in total. The minimum absolute atomic E-state index is 0.246. The van der Waals surface area contributed by atoms with Gasteiger partial charge in [0.25, 0.3) is 0 Å². The second kappa shape index (κ2) is 16.3. The first-order valence-electron chi connectivity index (χ1n) is 16.3. The van der Waals surface area contributed by atoms with Crippen LogP contribution in [0.1, 0.15) is 91.2 Å². The van der Waals surface area contributed by atoms with Crippen LogP contribution in [0, 0.1) is 47.3 Å². The molecule has 0 heterocycles. The van der Waals surface area contributed by atoms with Gasteiger partial charge in [0.05, 0.1) is 14.2 Å². The van der Waals surface area contributed by atoms with Gasteiger partial charge in [-0.05, 0) is 96.6 Å². The van der Waals surface area contributed by atoms with Gasteiger partial charge in [-0.3, -0.25) is 9.59 Å². The van der Waals surface area contributed by atoms with Gasteiger partial charge in [0, 0.05) is 24.7 Å². The Bertz CT molecular complexity index is 1010. The summed E-state index contributed by atoms with van der Waals surface area (Å²) in [5.74, 6) is 6.72. The first kappa shape index (κ1) is 33.9. The fourth-order valence-corrected chi connectivity index (χ4v) is 7.30. The second-order valence-corrected chi connectivity index (χ2v) is 13.8. The zero-order chi connectivity index (χ0) is 30.8. The third kappa shape index (κ3) is 9.71. The van der Waals surface area contributed by atoms with E-state index in [1.54, 1.807) is 14.2 Å². The van der Waals surface area contributed by atoms with E-state index in [1.807, 2.05) is 48.5 Å². The summed E-state index contributed by atoms with van der Waals surface area (Å²) in [5, 5.41) is 0. The van der Waals surface area contributed by atoms with Crippen LogP contribution in [0.3, 0.4) is 0 Å². The number of hydrogen-bond donors (Lipinski definition) is 0. The molecule has 0 aromatic heterocycles. The van der Waals surface area contributed by atoms with Gasteiger partial charge in [0.1, 0.15) is 23.1 Å². The maximum atomic E-state index is 12.8. The van der Waals surface area contributed by atoms with Crippen molar-refractivity contribution in [2.45, 2.75) is 92.9 Å². The molecule has 0 aliphatic heterocycles. The van der Waals surface area contributed by atoms with E-state index in [2.05, 4.69) is 41.5 Å². The predicted molar refractivity (Wildman–Crippen MR) is 173 cm³/mol. The summed E-state index contributed by atoms with van der Waals surface area (Å²) >= 11 is 0. The fourth-order valence-electron chi connectivity index (χ4n) is 7.30. The Morgan fingerprint density at radius 3 is 1.24 bits per heavy atom. The molecule has 42 heavy (non-hydrogen) atoms. The molecule has 2 fully saturated rings. The first-order valence-corrected chi connectivity index (χ1v) is 16.3. The lowest BCUT2D eigenvalue weighted by atomic mass is 9.68. The monoisotopic (exact) mass is 576 g/mol. The van der Waals surface area contributed by atoms with Gasteiger partial charge in [-0.25, -0.2) is 0 Å². The van der Waals surface area contributed by atoms with Crippen LogP contribution in [-0.2, 0) is 22.4 Å². The lowest BCUT2D eigenvalue weighted by Gasteiger charge is -2.36. The molecule has 232 valence electrons. The Hall–Kier alpha value is -2.62. The van der Waals surface area contributed by atoms with Crippen molar-refractivity contribution in [2.24, 2.45) is 47.3 Å². The average Bonchev–Trinajstić information content (AvgIpc) is 2.97. The van der Waals surface area contributed by atoms with Crippen molar-refractivity contribution in [2.75, 3.05) is 14.2 Å². The summed E-state index contributed by atoms with van der Waals surface area (Å²) in [7, 11) is 3.33. The number of benzene rings is 2. The highest BCUT2D eigenvalue weighted by molar-refractivity contribution is 5.84. The van der Waals surface area contributed by atoms with E-state index in [0.29, 0.717) is 59.9 Å².